The summed E-state index contributed by atoms with van der Waals surface area (Å²) in [5.41, 5.74) is 0. The molecule has 5 nitrogen and oxygen atoms in total. The largest absolute Gasteiger partial charge is 0.355 e. The van der Waals surface area contributed by atoms with Crippen LogP contribution in [0.15, 0.2) is 10.7 Å². The summed E-state index contributed by atoms with van der Waals surface area (Å²) in [6, 6.07) is 1.84. The van der Waals surface area contributed by atoms with Crippen LogP contribution in [0.2, 0.25) is 0 Å². The Hall–Kier alpha value is -0.690. The van der Waals surface area contributed by atoms with Gasteiger partial charge in [-0.25, -0.2) is 18.4 Å². The van der Waals surface area contributed by atoms with Crippen molar-refractivity contribution in [2.24, 2.45) is 0 Å². The van der Waals surface area contributed by atoms with Crippen molar-refractivity contribution in [1.82, 2.24) is 9.97 Å². The molecule has 7 heteroatoms. The van der Waals surface area contributed by atoms with Gasteiger partial charge in [0, 0.05) is 25.6 Å². The Kier molecular flexibility index (Phi) is 3.91. The normalized spacial score (nSPS) is 22.1. The summed E-state index contributed by atoms with van der Waals surface area (Å²) < 4.78 is 23.7. The highest BCUT2D eigenvalue weighted by atomic mass is 79.9. The van der Waals surface area contributed by atoms with Crippen molar-refractivity contribution in [3.05, 3.63) is 16.5 Å². The minimum Gasteiger partial charge on any atom is -0.355 e. The molecule has 0 amide bonds. The van der Waals surface area contributed by atoms with E-state index >= 15 is 0 Å². The van der Waals surface area contributed by atoms with E-state index in [9.17, 15) is 8.42 Å². The van der Waals surface area contributed by atoms with Crippen molar-refractivity contribution in [2.45, 2.75) is 25.8 Å². The van der Waals surface area contributed by atoms with Gasteiger partial charge in [-0.15, -0.1) is 0 Å². The molecule has 0 bridgehead atoms. The number of nitrogens with zero attached hydrogens (tertiary/aromatic N) is 3. The standard InChI is InChI=1S/C11H16BrN3O2S/c1-3-10-13-9(12)6-11(14-10)15(2)8-4-5-18(16,17)7-8/h6,8H,3-5,7H2,1-2H3. The zero-order valence-corrected chi connectivity index (χ0v) is 12.8. The van der Waals surface area contributed by atoms with Gasteiger partial charge in [0.15, 0.2) is 9.84 Å². The van der Waals surface area contributed by atoms with Gasteiger partial charge in [0.25, 0.3) is 0 Å². The zero-order valence-electron chi connectivity index (χ0n) is 10.4. The molecule has 2 heterocycles. The van der Waals surface area contributed by atoms with Crippen LogP contribution in [-0.2, 0) is 16.3 Å². The molecule has 0 aromatic carbocycles. The molecule has 1 saturated heterocycles. The second kappa shape index (κ2) is 5.13. The number of hydrogen-bond donors (Lipinski definition) is 0. The third-order valence-electron chi connectivity index (χ3n) is 3.16. The van der Waals surface area contributed by atoms with Crippen LogP contribution in [-0.4, -0.2) is 43.0 Å². The van der Waals surface area contributed by atoms with Gasteiger partial charge in [0.05, 0.1) is 11.5 Å². The molecule has 0 spiro atoms. The summed E-state index contributed by atoms with van der Waals surface area (Å²) in [6.45, 7) is 1.99. The van der Waals surface area contributed by atoms with E-state index in [4.69, 9.17) is 0 Å². The van der Waals surface area contributed by atoms with E-state index in [0.29, 0.717) is 6.42 Å². The molecule has 1 aliphatic rings. The minimum atomic E-state index is -2.87. The van der Waals surface area contributed by atoms with Gasteiger partial charge in [-0.3, -0.25) is 0 Å². The van der Waals surface area contributed by atoms with Crippen molar-refractivity contribution in [2.75, 3.05) is 23.5 Å². The molecule has 0 N–H and O–H groups in total. The minimum absolute atomic E-state index is 0.0153. The van der Waals surface area contributed by atoms with E-state index in [1.54, 1.807) is 0 Å². The van der Waals surface area contributed by atoms with Crippen LogP contribution in [0.25, 0.3) is 0 Å². The molecule has 1 unspecified atom stereocenters. The first kappa shape index (κ1) is 13.7. The van der Waals surface area contributed by atoms with E-state index in [1.165, 1.54) is 0 Å². The number of rotatable bonds is 3. The van der Waals surface area contributed by atoms with Gasteiger partial charge >= 0.3 is 0 Å². The van der Waals surface area contributed by atoms with Gasteiger partial charge in [0.2, 0.25) is 0 Å². The van der Waals surface area contributed by atoms with E-state index in [0.717, 1.165) is 22.7 Å². The number of halogens is 1. The Morgan fingerprint density at radius 3 is 2.78 bits per heavy atom. The highest BCUT2D eigenvalue weighted by molar-refractivity contribution is 9.10. The smallest absolute Gasteiger partial charge is 0.152 e. The highest BCUT2D eigenvalue weighted by Gasteiger charge is 2.31. The first-order chi connectivity index (χ1) is 8.41. The summed E-state index contributed by atoms with van der Waals surface area (Å²) >= 11 is 3.36. The first-order valence-corrected chi connectivity index (χ1v) is 8.49. The molecule has 1 atom stereocenters. The lowest BCUT2D eigenvalue weighted by Gasteiger charge is -2.24. The van der Waals surface area contributed by atoms with Crippen molar-refractivity contribution in [1.29, 1.82) is 0 Å². The maximum atomic E-state index is 11.5. The van der Waals surface area contributed by atoms with Crippen molar-refractivity contribution < 1.29 is 8.42 Å². The number of anilines is 1. The van der Waals surface area contributed by atoms with Gasteiger partial charge in [-0.2, -0.15) is 0 Å². The van der Waals surface area contributed by atoms with Crippen LogP contribution in [0.4, 0.5) is 5.82 Å². The topological polar surface area (TPSA) is 63.2 Å². The summed E-state index contributed by atoms with van der Waals surface area (Å²) in [5, 5.41) is 0. The average Bonchev–Trinajstić information content (AvgIpc) is 2.67. The van der Waals surface area contributed by atoms with Gasteiger partial charge in [-0.05, 0) is 22.4 Å². The van der Waals surface area contributed by atoms with Crippen LogP contribution in [0.5, 0.6) is 0 Å². The molecule has 1 fully saturated rings. The summed E-state index contributed by atoms with van der Waals surface area (Å²) in [6.07, 6.45) is 1.42. The Morgan fingerprint density at radius 1 is 1.50 bits per heavy atom. The lowest BCUT2D eigenvalue weighted by molar-refractivity contribution is 0.600. The third kappa shape index (κ3) is 3.00. The van der Waals surface area contributed by atoms with E-state index in [2.05, 4.69) is 25.9 Å². The van der Waals surface area contributed by atoms with Crippen molar-refractivity contribution in [3.63, 3.8) is 0 Å². The van der Waals surface area contributed by atoms with Crippen LogP contribution < -0.4 is 4.90 Å². The molecule has 2 rings (SSSR count). The average molecular weight is 334 g/mol. The van der Waals surface area contributed by atoms with E-state index in [-0.39, 0.29) is 17.5 Å². The van der Waals surface area contributed by atoms with Crippen LogP contribution in [0.3, 0.4) is 0 Å². The predicted octanol–water partition coefficient (Wildman–Crippen LogP) is 1.42. The molecule has 1 aliphatic heterocycles. The highest BCUT2D eigenvalue weighted by Crippen LogP contribution is 2.23. The van der Waals surface area contributed by atoms with Gasteiger partial charge < -0.3 is 4.90 Å². The fraction of sp³-hybridized carbons (Fsp3) is 0.636. The van der Waals surface area contributed by atoms with Gasteiger partial charge in [-0.1, -0.05) is 6.92 Å². The predicted molar refractivity (Wildman–Crippen MR) is 74.6 cm³/mol. The van der Waals surface area contributed by atoms with E-state index in [1.807, 2.05) is 24.9 Å². The molecule has 100 valence electrons. The maximum absolute atomic E-state index is 11.5. The van der Waals surface area contributed by atoms with Crippen LogP contribution in [0, 0.1) is 0 Å². The Morgan fingerprint density at radius 2 is 2.22 bits per heavy atom. The quantitative estimate of drug-likeness (QED) is 0.783. The number of hydrogen-bond acceptors (Lipinski definition) is 5. The molecule has 0 saturated carbocycles. The molecule has 0 radical (unpaired) electrons. The molecule has 1 aromatic rings. The molecule has 0 aliphatic carbocycles. The monoisotopic (exact) mass is 333 g/mol. The summed E-state index contributed by atoms with van der Waals surface area (Å²) in [5.74, 6) is 2.02. The zero-order chi connectivity index (χ0) is 13.3. The third-order valence-corrected chi connectivity index (χ3v) is 5.32. The number of sulfone groups is 1. The van der Waals surface area contributed by atoms with Crippen molar-refractivity contribution in [3.8, 4) is 0 Å². The second-order valence-electron chi connectivity index (χ2n) is 4.49. The first-order valence-electron chi connectivity index (χ1n) is 5.88. The molecular formula is C11H16BrN3O2S. The Labute approximate surface area is 116 Å². The van der Waals surface area contributed by atoms with Crippen LogP contribution in [0.1, 0.15) is 19.2 Å². The summed E-state index contributed by atoms with van der Waals surface area (Å²) in [7, 11) is -0.982. The number of aryl methyl sites for hydroxylation is 1. The SMILES string of the molecule is CCc1nc(Br)cc(N(C)C2CCS(=O)(=O)C2)n1. The molecule has 1 aromatic heterocycles. The Balaban J connectivity index is 2.23. The van der Waals surface area contributed by atoms with Crippen molar-refractivity contribution >= 4 is 31.6 Å². The maximum Gasteiger partial charge on any atom is 0.152 e. The number of aromatic nitrogens is 2. The fourth-order valence-corrected chi connectivity index (χ4v) is 4.24. The lowest BCUT2D eigenvalue weighted by atomic mass is 10.2. The molecule has 18 heavy (non-hydrogen) atoms. The molecular weight excluding hydrogens is 318 g/mol. The fourth-order valence-electron chi connectivity index (χ4n) is 2.06. The summed E-state index contributed by atoms with van der Waals surface area (Å²) in [4.78, 5) is 10.6. The van der Waals surface area contributed by atoms with Gasteiger partial charge in [0.1, 0.15) is 16.2 Å². The van der Waals surface area contributed by atoms with E-state index < -0.39 is 9.84 Å². The van der Waals surface area contributed by atoms with Crippen LogP contribution >= 0.6 is 15.9 Å². The second-order valence-corrected chi connectivity index (χ2v) is 7.53. The Bertz CT molecular complexity index is 547. The lowest BCUT2D eigenvalue weighted by Crippen LogP contribution is -2.33.